The van der Waals surface area contributed by atoms with Gasteiger partial charge >= 0.3 is 18.3 Å². The molecule has 1 aromatic heterocycles. The van der Waals surface area contributed by atoms with E-state index in [0.717, 1.165) is 37.5 Å². The Morgan fingerprint density at radius 3 is 2.37 bits per heavy atom. The SMILES string of the molecule is O=C(OC(c1cccc(C(F)(F)F)c1)C(F)(F)F)c1ccnc(N2CCCCC2)n1. The number of esters is 1. The number of nitrogens with zero attached hydrogens (tertiary/aromatic N) is 3. The Balaban J connectivity index is 1.85. The van der Waals surface area contributed by atoms with Gasteiger partial charge in [0.2, 0.25) is 12.1 Å². The number of alkyl halides is 6. The fraction of sp³-hybridized carbons (Fsp3) is 0.421. The lowest BCUT2D eigenvalue weighted by Gasteiger charge is -2.26. The average Bonchev–Trinajstić information content (AvgIpc) is 2.71. The van der Waals surface area contributed by atoms with E-state index in [0.29, 0.717) is 25.2 Å². The molecule has 1 saturated heterocycles. The van der Waals surface area contributed by atoms with Crippen molar-refractivity contribution < 1.29 is 35.9 Å². The maximum absolute atomic E-state index is 13.5. The van der Waals surface area contributed by atoms with Gasteiger partial charge in [0.25, 0.3) is 0 Å². The summed E-state index contributed by atoms with van der Waals surface area (Å²) in [5, 5.41) is 0. The third-order valence-corrected chi connectivity index (χ3v) is 4.53. The van der Waals surface area contributed by atoms with Gasteiger partial charge < -0.3 is 9.64 Å². The van der Waals surface area contributed by atoms with Crippen LogP contribution in [0.2, 0.25) is 0 Å². The van der Waals surface area contributed by atoms with Crippen molar-refractivity contribution in [3.63, 3.8) is 0 Å². The van der Waals surface area contributed by atoms with Gasteiger partial charge in [0, 0.05) is 24.8 Å². The van der Waals surface area contributed by atoms with Gasteiger partial charge in [-0.3, -0.25) is 0 Å². The van der Waals surface area contributed by atoms with Crippen molar-refractivity contribution in [2.75, 3.05) is 18.0 Å². The Hall–Kier alpha value is -2.85. The number of carbonyl (C=O) groups is 1. The van der Waals surface area contributed by atoms with E-state index in [9.17, 15) is 31.1 Å². The molecular weight excluding hydrogens is 416 g/mol. The van der Waals surface area contributed by atoms with Crippen LogP contribution in [0.1, 0.15) is 47.0 Å². The number of aromatic nitrogens is 2. The van der Waals surface area contributed by atoms with Crippen LogP contribution >= 0.6 is 0 Å². The third-order valence-electron chi connectivity index (χ3n) is 4.53. The van der Waals surface area contributed by atoms with Gasteiger partial charge in [-0.2, -0.15) is 26.3 Å². The fourth-order valence-electron chi connectivity index (χ4n) is 3.08. The Kier molecular flexibility index (Phi) is 6.18. The standard InChI is InChI=1S/C19H17F6N3O2/c20-18(21,22)13-6-4-5-12(11-13)15(19(23,24)25)30-16(29)14-7-8-26-17(27-14)28-9-2-1-3-10-28/h4-8,11,15H,1-3,9-10H2. The van der Waals surface area contributed by atoms with Crippen LogP contribution in [0.4, 0.5) is 32.3 Å². The van der Waals surface area contributed by atoms with Crippen molar-refractivity contribution in [1.82, 2.24) is 9.97 Å². The molecule has 2 aromatic rings. The fourth-order valence-corrected chi connectivity index (χ4v) is 3.08. The predicted octanol–water partition coefficient (Wildman–Crippen LogP) is 4.95. The van der Waals surface area contributed by atoms with Crippen molar-refractivity contribution in [3.8, 4) is 0 Å². The van der Waals surface area contributed by atoms with Crippen LogP contribution in [0.3, 0.4) is 0 Å². The average molecular weight is 433 g/mol. The zero-order valence-corrected chi connectivity index (χ0v) is 15.5. The number of anilines is 1. The van der Waals surface area contributed by atoms with E-state index in [4.69, 9.17) is 0 Å². The van der Waals surface area contributed by atoms with Crippen LogP contribution in [-0.4, -0.2) is 35.2 Å². The molecule has 1 atom stereocenters. The number of hydrogen-bond donors (Lipinski definition) is 0. The molecule has 1 aliphatic heterocycles. The minimum Gasteiger partial charge on any atom is -0.443 e. The molecule has 11 heteroatoms. The van der Waals surface area contributed by atoms with E-state index in [-0.39, 0.29) is 5.95 Å². The van der Waals surface area contributed by atoms with Gasteiger partial charge in [0.1, 0.15) is 0 Å². The minimum absolute atomic E-state index is 0.187. The minimum atomic E-state index is -5.12. The zero-order chi connectivity index (χ0) is 21.9. The van der Waals surface area contributed by atoms with Gasteiger partial charge in [-0.1, -0.05) is 12.1 Å². The zero-order valence-electron chi connectivity index (χ0n) is 15.5. The number of benzene rings is 1. The molecule has 5 nitrogen and oxygen atoms in total. The Morgan fingerprint density at radius 1 is 1.03 bits per heavy atom. The Morgan fingerprint density at radius 2 is 1.73 bits per heavy atom. The molecule has 0 spiro atoms. The quantitative estimate of drug-likeness (QED) is 0.505. The number of piperidine rings is 1. The second-order valence-corrected chi connectivity index (χ2v) is 6.74. The number of halogens is 6. The first-order valence-corrected chi connectivity index (χ1v) is 9.08. The molecule has 0 N–H and O–H groups in total. The molecule has 30 heavy (non-hydrogen) atoms. The summed E-state index contributed by atoms with van der Waals surface area (Å²) in [5.41, 5.74) is -2.53. The van der Waals surface area contributed by atoms with Gasteiger partial charge in [0.15, 0.2) is 5.69 Å². The summed E-state index contributed by atoms with van der Waals surface area (Å²) < 4.78 is 83.6. The first-order valence-electron chi connectivity index (χ1n) is 9.08. The van der Waals surface area contributed by atoms with E-state index in [2.05, 4.69) is 14.7 Å². The molecule has 3 rings (SSSR count). The predicted molar refractivity (Wildman–Crippen MR) is 93.8 cm³/mol. The molecule has 1 aliphatic rings. The molecule has 0 radical (unpaired) electrons. The van der Waals surface area contributed by atoms with Gasteiger partial charge in [-0.05, 0) is 37.5 Å². The van der Waals surface area contributed by atoms with E-state index < -0.39 is 41.2 Å². The highest BCUT2D eigenvalue weighted by Gasteiger charge is 2.45. The maximum Gasteiger partial charge on any atom is 0.429 e. The summed E-state index contributed by atoms with van der Waals surface area (Å²) in [5.74, 6) is -1.22. The van der Waals surface area contributed by atoms with Crippen LogP contribution in [0, 0.1) is 0 Å². The number of carbonyl (C=O) groups excluding carboxylic acids is 1. The Bertz CT molecular complexity index is 894. The highest BCUT2D eigenvalue weighted by Crippen LogP contribution is 2.39. The number of ether oxygens (including phenoxy) is 1. The summed E-state index contributed by atoms with van der Waals surface area (Å²) in [6.07, 6.45) is -8.80. The van der Waals surface area contributed by atoms with Crippen molar-refractivity contribution in [1.29, 1.82) is 0 Å². The molecule has 0 bridgehead atoms. The molecule has 0 saturated carbocycles. The van der Waals surface area contributed by atoms with E-state index in [1.54, 1.807) is 4.90 Å². The monoisotopic (exact) mass is 433 g/mol. The van der Waals surface area contributed by atoms with Crippen molar-refractivity contribution in [3.05, 3.63) is 53.3 Å². The van der Waals surface area contributed by atoms with Crippen LogP contribution in [-0.2, 0) is 10.9 Å². The summed E-state index contributed by atoms with van der Waals surface area (Å²) in [4.78, 5) is 22.1. The Labute approximate surface area is 167 Å². The largest absolute Gasteiger partial charge is 0.443 e. The normalized spacial score (nSPS) is 16.3. The summed E-state index contributed by atoms with van der Waals surface area (Å²) in [7, 11) is 0. The molecule has 1 unspecified atom stereocenters. The molecule has 162 valence electrons. The lowest BCUT2D eigenvalue weighted by Crippen LogP contribution is -2.31. The maximum atomic E-state index is 13.5. The second kappa shape index (κ2) is 8.49. The lowest BCUT2D eigenvalue weighted by molar-refractivity contribution is -0.207. The molecule has 0 aliphatic carbocycles. The van der Waals surface area contributed by atoms with E-state index in [1.165, 1.54) is 6.20 Å². The summed E-state index contributed by atoms with van der Waals surface area (Å²) >= 11 is 0. The highest BCUT2D eigenvalue weighted by atomic mass is 19.4. The van der Waals surface area contributed by atoms with Crippen molar-refractivity contribution in [2.45, 2.75) is 37.7 Å². The molecule has 2 heterocycles. The molecule has 1 aromatic carbocycles. The smallest absolute Gasteiger partial charge is 0.429 e. The van der Waals surface area contributed by atoms with E-state index >= 15 is 0 Å². The topological polar surface area (TPSA) is 55.3 Å². The van der Waals surface area contributed by atoms with Crippen molar-refractivity contribution >= 4 is 11.9 Å². The lowest BCUT2D eigenvalue weighted by atomic mass is 10.1. The van der Waals surface area contributed by atoms with Crippen LogP contribution in [0.15, 0.2) is 36.5 Å². The second-order valence-electron chi connectivity index (χ2n) is 6.74. The highest BCUT2D eigenvalue weighted by molar-refractivity contribution is 5.87. The molecule has 0 amide bonds. The van der Waals surface area contributed by atoms with Crippen molar-refractivity contribution in [2.24, 2.45) is 0 Å². The van der Waals surface area contributed by atoms with Crippen LogP contribution in [0.5, 0.6) is 0 Å². The van der Waals surface area contributed by atoms with E-state index in [1.807, 2.05) is 0 Å². The first kappa shape index (κ1) is 21.8. The van der Waals surface area contributed by atoms with Gasteiger partial charge in [0.05, 0.1) is 5.56 Å². The van der Waals surface area contributed by atoms with Crippen LogP contribution in [0.25, 0.3) is 0 Å². The van der Waals surface area contributed by atoms with Gasteiger partial charge in [-0.15, -0.1) is 0 Å². The molecular formula is C19H17F6N3O2. The number of hydrogen-bond acceptors (Lipinski definition) is 5. The van der Waals surface area contributed by atoms with Gasteiger partial charge in [-0.25, -0.2) is 14.8 Å². The third kappa shape index (κ3) is 5.19. The first-order chi connectivity index (χ1) is 14.1. The summed E-state index contributed by atoms with van der Waals surface area (Å²) in [6.45, 7) is 1.29. The molecule has 1 fully saturated rings. The summed E-state index contributed by atoms with van der Waals surface area (Å²) in [6, 6.07) is 3.68. The number of rotatable bonds is 4. The van der Waals surface area contributed by atoms with Crippen LogP contribution < -0.4 is 4.90 Å².